The van der Waals surface area contributed by atoms with Crippen LogP contribution in [0.5, 0.6) is 0 Å². The molecule has 1 atom stereocenters. The van der Waals surface area contributed by atoms with E-state index in [0.29, 0.717) is 17.5 Å². The molecule has 3 nitrogen and oxygen atoms in total. The summed E-state index contributed by atoms with van der Waals surface area (Å²) in [7, 11) is 0. The van der Waals surface area contributed by atoms with E-state index in [0.717, 1.165) is 27.8 Å². The van der Waals surface area contributed by atoms with Gasteiger partial charge >= 0.3 is 0 Å². The van der Waals surface area contributed by atoms with Gasteiger partial charge in [-0.25, -0.2) is 15.0 Å². The van der Waals surface area contributed by atoms with Gasteiger partial charge in [-0.05, 0) is 84.1 Å². The van der Waals surface area contributed by atoms with E-state index in [1.165, 1.54) is 66.1 Å². The molecule has 2 aliphatic rings. The molecule has 0 bridgehead atoms. The molecule has 0 fully saturated rings. The van der Waals surface area contributed by atoms with Gasteiger partial charge in [-0.1, -0.05) is 201 Å². The molecule has 9 aromatic rings. The number of benzene rings is 8. The molecule has 1 heterocycles. The summed E-state index contributed by atoms with van der Waals surface area (Å²) in [5.41, 5.74) is 14.4. The molecule has 3 heteroatoms. The maximum atomic E-state index is 5.19. The van der Waals surface area contributed by atoms with Gasteiger partial charge in [0.15, 0.2) is 17.5 Å². The number of hydrogen-bond donors (Lipinski definition) is 0. The molecular formula is C55H37N3. The molecule has 0 N–H and O–H groups in total. The van der Waals surface area contributed by atoms with Gasteiger partial charge in [-0.2, -0.15) is 0 Å². The summed E-state index contributed by atoms with van der Waals surface area (Å²) in [6.07, 6.45) is 6.56. The standard InChI is InChI=1S/C55H37N3/c1-3-20-44-46(4-2)55(47-33-18-17-31-45(47)50-41-28-14-11-25-37(41)38-26-12-15-29-42(38)51(50)55)48-34-19-32-40(49(44)48)39-27-13-16-30-43(39)54-57-52(35-21-7-5-8-22-35)56-53(58-54)36-23-9-6-10-24-36/h3-34H,2H2,1H3/b20-3-. The number of rotatable bonds is 6. The Kier molecular flexibility index (Phi) is 7.77. The monoisotopic (exact) mass is 739 g/mol. The zero-order chi connectivity index (χ0) is 38.8. The van der Waals surface area contributed by atoms with Crippen LogP contribution in [0.25, 0.3) is 83.5 Å². The number of aromatic nitrogens is 3. The second-order valence-electron chi connectivity index (χ2n) is 15.0. The molecule has 1 unspecified atom stereocenters. The first kappa shape index (κ1) is 33.8. The Hall–Kier alpha value is -7.49. The fourth-order valence-corrected chi connectivity index (χ4v) is 9.84. The molecule has 272 valence electrons. The molecule has 11 rings (SSSR count). The van der Waals surface area contributed by atoms with Crippen molar-refractivity contribution in [2.24, 2.45) is 0 Å². The summed E-state index contributed by atoms with van der Waals surface area (Å²) in [5.74, 6) is 1.90. The van der Waals surface area contributed by atoms with E-state index >= 15 is 0 Å². The lowest BCUT2D eigenvalue weighted by atomic mass is 9.68. The van der Waals surface area contributed by atoms with Gasteiger partial charge in [0.1, 0.15) is 0 Å². The fourth-order valence-electron chi connectivity index (χ4n) is 9.84. The Labute approximate surface area is 338 Å². The van der Waals surface area contributed by atoms with E-state index in [4.69, 9.17) is 15.0 Å². The normalized spacial score (nSPS) is 15.3. The molecule has 0 saturated carbocycles. The lowest BCUT2D eigenvalue weighted by Gasteiger charge is -2.33. The van der Waals surface area contributed by atoms with Crippen molar-refractivity contribution in [3.05, 3.63) is 229 Å². The van der Waals surface area contributed by atoms with E-state index in [1.54, 1.807) is 0 Å². The molecule has 2 aliphatic carbocycles. The van der Waals surface area contributed by atoms with Crippen molar-refractivity contribution in [1.29, 1.82) is 0 Å². The smallest absolute Gasteiger partial charge is 0.164 e. The molecule has 1 aromatic heterocycles. The summed E-state index contributed by atoms with van der Waals surface area (Å²) in [6.45, 7) is 6.70. The summed E-state index contributed by atoms with van der Waals surface area (Å²) in [6, 6.07) is 62.6. The number of nitrogens with zero attached hydrogens (tertiary/aromatic N) is 3. The molecule has 0 radical (unpaired) electrons. The van der Waals surface area contributed by atoms with Crippen LogP contribution in [0.15, 0.2) is 206 Å². The van der Waals surface area contributed by atoms with Crippen LogP contribution < -0.4 is 0 Å². The van der Waals surface area contributed by atoms with Crippen molar-refractivity contribution in [3.63, 3.8) is 0 Å². The van der Waals surface area contributed by atoms with Crippen molar-refractivity contribution >= 4 is 27.1 Å². The highest BCUT2D eigenvalue weighted by Crippen LogP contribution is 2.66. The Morgan fingerprint density at radius 3 is 1.59 bits per heavy atom. The SMILES string of the molecule is C=CC1=C(/C=C\C)c2c(-c3ccccc3-c3nc(-c4ccccc4)nc(-c4ccccc4)n3)cccc2C12c1ccccc1-c1c2c2ccccc2c2ccccc12. The zero-order valence-electron chi connectivity index (χ0n) is 32.0. The molecule has 58 heavy (non-hydrogen) atoms. The second kappa shape index (κ2) is 13.3. The topological polar surface area (TPSA) is 38.7 Å². The van der Waals surface area contributed by atoms with Crippen molar-refractivity contribution in [3.8, 4) is 56.4 Å². The third kappa shape index (κ3) is 4.77. The van der Waals surface area contributed by atoms with Crippen LogP contribution in [-0.2, 0) is 5.41 Å². The van der Waals surface area contributed by atoms with Crippen LogP contribution in [0.4, 0.5) is 0 Å². The van der Waals surface area contributed by atoms with Crippen LogP contribution in [-0.4, -0.2) is 15.0 Å². The molecule has 1 spiro atoms. The van der Waals surface area contributed by atoms with Crippen LogP contribution in [0, 0.1) is 0 Å². The molecule has 0 aliphatic heterocycles. The number of hydrogen-bond acceptors (Lipinski definition) is 3. The van der Waals surface area contributed by atoms with Crippen molar-refractivity contribution in [2.45, 2.75) is 12.3 Å². The molecular weight excluding hydrogens is 703 g/mol. The third-order valence-corrected chi connectivity index (χ3v) is 12.0. The van der Waals surface area contributed by atoms with Crippen molar-refractivity contribution in [2.75, 3.05) is 0 Å². The summed E-state index contributed by atoms with van der Waals surface area (Å²) in [4.78, 5) is 15.4. The predicted molar refractivity (Wildman–Crippen MR) is 240 cm³/mol. The Morgan fingerprint density at radius 2 is 0.931 bits per heavy atom. The Balaban J connectivity index is 1.23. The van der Waals surface area contributed by atoms with Gasteiger partial charge in [-0.3, -0.25) is 0 Å². The van der Waals surface area contributed by atoms with Crippen LogP contribution in [0.1, 0.15) is 29.2 Å². The lowest BCUT2D eigenvalue weighted by Crippen LogP contribution is -2.27. The minimum Gasteiger partial charge on any atom is -0.208 e. The van der Waals surface area contributed by atoms with E-state index in [1.807, 2.05) is 36.4 Å². The van der Waals surface area contributed by atoms with E-state index < -0.39 is 5.41 Å². The maximum absolute atomic E-state index is 5.19. The van der Waals surface area contributed by atoms with Gasteiger partial charge < -0.3 is 0 Å². The van der Waals surface area contributed by atoms with E-state index in [2.05, 4.69) is 171 Å². The molecule has 0 amide bonds. The fraction of sp³-hybridized carbons (Fsp3) is 0.0364. The minimum atomic E-state index is -0.611. The van der Waals surface area contributed by atoms with Crippen LogP contribution in [0.3, 0.4) is 0 Å². The molecule has 0 saturated heterocycles. The average molecular weight is 740 g/mol. The third-order valence-electron chi connectivity index (χ3n) is 12.0. The zero-order valence-corrected chi connectivity index (χ0v) is 32.0. The molecule has 8 aromatic carbocycles. The largest absolute Gasteiger partial charge is 0.208 e. The van der Waals surface area contributed by atoms with E-state index in [-0.39, 0.29) is 0 Å². The lowest BCUT2D eigenvalue weighted by molar-refractivity contribution is 0.795. The first-order chi connectivity index (χ1) is 28.7. The average Bonchev–Trinajstić information content (AvgIpc) is 3.76. The van der Waals surface area contributed by atoms with Gasteiger partial charge in [0.05, 0.1) is 5.41 Å². The number of allylic oxidation sites excluding steroid dienone is 5. The highest BCUT2D eigenvalue weighted by Gasteiger charge is 2.53. The van der Waals surface area contributed by atoms with Gasteiger partial charge in [0.25, 0.3) is 0 Å². The minimum absolute atomic E-state index is 0.611. The van der Waals surface area contributed by atoms with Crippen molar-refractivity contribution in [1.82, 2.24) is 15.0 Å². The summed E-state index contributed by atoms with van der Waals surface area (Å²) < 4.78 is 0. The quantitative estimate of drug-likeness (QED) is 0.159. The highest BCUT2D eigenvalue weighted by atomic mass is 15.0. The van der Waals surface area contributed by atoms with Crippen LogP contribution >= 0.6 is 0 Å². The predicted octanol–water partition coefficient (Wildman–Crippen LogP) is 13.7. The van der Waals surface area contributed by atoms with E-state index in [9.17, 15) is 0 Å². The first-order valence-electron chi connectivity index (χ1n) is 19.9. The van der Waals surface area contributed by atoms with Gasteiger partial charge in [-0.15, -0.1) is 0 Å². The summed E-state index contributed by atoms with van der Waals surface area (Å²) in [5, 5.41) is 5.06. The van der Waals surface area contributed by atoms with Gasteiger partial charge in [0, 0.05) is 16.7 Å². The Bertz CT molecular complexity index is 3140. The Morgan fingerprint density at radius 1 is 0.431 bits per heavy atom. The van der Waals surface area contributed by atoms with Crippen molar-refractivity contribution < 1.29 is 0 Å². The van der Waals surface area contributed by atoms with Gasteiger partial charge in [0.2, 0.25) is 0 Å². The second-order valence-corrected chi connectivity index (χ2v) is 15.0. The maximum Gasteiger partial charge on any atom is 0.164 e. The van der Waals surface area contributed by atoms with Crippen LogP contribution in [0.2, 0.25) is 0 Å². The first-order valence-corrected chi connectivity index (χ1v) is 19.9. The number of fused-ring (bicyclic) bond motifs is 12. The highest BCUT2D eigenvalue weighted by molar-refractivity contribution is 6.20. The summed E-state index contributed by atoms with van der Waals surface area (Å²) >= 11 is 0.